The smallest absolute Gasteiger partial charge is 0.327 e. The fourth-order valence-corrected chi connectivity index (χ4v) is 3.88. The summed E-state index contributed by atoms with van der Waals surface area (Å²) in [5, 5.41) is 8.17. The molecule has 10 heteroatoms. The van der Waals surface area contributed by atoms with Gasteiger partial charge in [-0.1, -0.05) is 12.2 Å². The first-order valence-corrected chi connectivity index (χ1v) is 9.17. The van der Waals surface area contributed by atoms with Gasteiger partial charge >= 0.3 is 5.69 Å². The van der Waals surface area contributed by atoms with Crippen LogP contribution >= 0.6 is 11.3 Å². The normalized spacial score (nSPS) is 18.9. The standard InChI is InChI=1S/C17H18FN7OS/c18-6-11(7-19)8-25-17(26)24(10-20-25)9-13-2-4-16(27-13)12-1-3-14-15(5-12)22-23-21-14/h1-6,10,15,22-23H,7-9,19H2/b11-6+. The molecule has 0 aromatic carbocycles. The van der Waals surface area contributed by atoms with Crippen LogP contribution in [0.5, 0.6) is 0 Å². The van der Waals surface area contributed by atoms with Gasteiger partial charge in [0, 0.05) is 16.3 Å². The Labute approximate surface area is 158 Å². The highest BCUT2D eigenvalue weighted by atomic mass is 32.1. The van der Waals surface area contributed by atoms with Crippen LogP contribution in [0.1, 0.15) is 9.75 Å². The molecule has 2 aromatic heterocycles. The van der Waals surface area contributed by atoms with Crippen LogP contribution < -0.4 is 22.4 Å². The van der Waals surface area contributed by atoms with Crippen LogP contribution in [0, 0.1) is 0 Å². The molecule has 1 unspecified atom stereocenters. The van der Waals surface area contributed by atoms with Crippen molar-refractivity contribution in [2.45, 2.75) is 19.1 Å². The van der Waals surface area contributed by atoms with E-state index in [-0.39, 0.29) is 24.8 Å². The molecule has 140 valence electrons. The Morgan fingerprint density at radius 2 is 2.30 bits per heavy atom. The summed E-state index contributed by atoms with van der Waals surface area (Å²) >= 11 is 1.61. The van der Waals surface area contributed by atoms with E-state index in [0.29, 0.717) is 18.4 Å². The topological polar surface area (TPSA) is 102 Å². The van der Waals surface area contributed by atoms with Crippen LogP contribution in [0.2, 0.25) is 0 Å². The first-order chi connectivity index (χ1) is 13.2. The largest absolute Gasteiger partial charge is 0.346 e. The van der Waals surface area contributed by atoms with Crippen molar-refractivity contribution in [3.8, 4) is 0 Å². The number of hydrogen-bond donors (Lipinski definition) is 3. The van der Waals surface area contributed by atoms with Gasteiger partial charge in [-0.3, -0.25) is 4.57 Å². The minimum Gasteiger partial charge on any atom is -0.327 e. The fourth-order valence-electron chi connectivity index (χ4n) is 2.86. The first-order valence-electron chi connectivity index (χ1n) is 8.35. The van der Waals surface area contributed by atoms with Gasteiger partial charge in [0.1, 0.15) is 6.33 Å². The molecule has 0 saturated heterocycles. The molecule has 3 heterocycles. The molecule has 0 amide bonds. The lowest BCUT2D eigenvalue weighted by Gasteiger charge is -2.11. The van der Waals surface area contributed by atoms with Crippen LogP contribution in [0.3, 0.4) is 0 Å². The van der Waals surface area contributed by atoms with E-state index >= 15 is 0 Å². The van der Waals surface area contributed by atoms with Crippen LogP contribution in [0.4, 0.5) is 4.39 Å². The molecule has 2 aromatic rings. The molecular weight excluding hydrogens is 369 g/mol. The molecule has 0 fully saturated rings. The number of aromatic nitrogens is 3. The molecule has 0 spiro atoms. The molecule has 4 rings (SSSR count). The summed E-state index contributed by atoms with van der Waals surface area (Å²) in [6.07, 6.45) is 8.00. The predicted molar refractivity (Wildman–Crippen MR) is 103 cm³/mol. The predicted octanol–water partition coefficient (Wildman–Crippen LogP) is 0.752. The number of hydrazine groups is 1. The minimum atomic E-state index is -0.295. The summed E-state index contributed by atoms with van der Waals surface area (Å²) in [4.78, 5) is 14.5. The number of thiophene rings is 1. The third-order valence-corrected chi connectivity index (χ3v) is 5.46. The maximum atomic E-state index is 12.7. The van der Waals surface area contributed by atoms with Gasteiger partial charge in [-0.15, -0.1) is 11.3 Å². The number of hydrazone groups is 1. The number of nitrogens with zero attached hydrogens (tertiary/aromatic N) is 4. The van der Waals surface area contributed by atoms with E-state index in [1.54, 1.807) is 11.3 Å². The van der Waals surface area contributed by atoms with E-state index in [2.05, 4.69) is 27.2 Å². The molecule has 1 aliphatic heterocycles. The Morgan fingerprint density at radius 3 is 3.11 bits per heavy atom. The highest BCUT2D eigenvalue weighted by molar-refractivity contribution is 7.13. The molecule has 1 aliphatic carbocycles. The van der Waals surface area contributed by atoms with Crippen molar-refractivity contribution < 1.29 is 4.39 Å². The number of halogens is 1. The highest BCUT2D eigenvalue weighted by Crippen LogP contribution is 2.28. The van der Waals surface area contributed by atoms with Gasteiger partial charge in [-0.05, 0) is 29.4 Å². The maximum absolute atomic E-state index is 12.7. The van der Waals surface area contributed by atoms with Crippen LogP contribution in [-0.2, 0) is 13.1 Å². The molecular formula is C17H18FN7OS. The number of allylic oxidation sites excluding steroid dienone is 2. The molecule has 8 nitrogen and oxygen atoms in total. The summed E-state index contributed by atoms with van der Waals surface area (Å²) in [5.41, 5.74) is 13.3. The minimum absolute atomic E-state index is 0.0461. The van der Waals surface area contributed by atoms with Gasteiger partial charge in [-0.2, -0.15) is 10.2 Å². The van der Waals surface area contributed by atoms with Crippen LogP contribution in [0.15, 0.2) is 58.5 Å². The number of fused-ring (bicyclic) bond motifs is 1. The average molecular weight is 387 g/mol. The van der Waals surface area contributed by atoms with Crippen molar-refractivity contribution in [3.05, 3.63) is 68.8 Å². The SMILES string of the molecule is NC/C(=C\F)Cn1ncn(Cc2ccc(C3=CC4NNN=C4C=C3)s2)c1=O. The number of nitrogens with two attached hydrogens (primary N) is 1. The second kappa shape index (κ2) is 7.43. The number of nitrogens with one attached hydrogen (secondary N) is 2. The monoisotopic (exact) mass is 387 g/mol. The molecule has 1 atom stereocenters. The van der Waals surface area contributed by atoms with Crippen molar-refractivity contribution in [2.75, 3.05) is 6.54 Å². The fraction of sp³-hybridized carbons (Fsp3) is 0.235. The Bertz CT molecular complexity index is 1030. The third kappa shape index (κ3) is 3.54. The second-order valence-corrected chi connectivity index (χ2v) is 7.33. The Hall–Kier alpha value is -2.82. The van der Waals surface area contributed by atoms with Crippen molar-refractivity contribution >= 4 is 22.6 Å². The molecule has 0 bridgehead atoms. The summed E-state index contributed by atoms with van der Waals surface area (Å²) in [6, 6.07) is 4.10. The van der Waals surface area contributed by atoms with Gasteiger partial charge in [0.05, 0.1) is 31.2 Å². The third-order valence-electron chi connectivity index (χ3n) is 4.34. The molecule has 4 N–H and O–H groups in total. The molecule has 27 heavy (non-hydrogen) atoms. The summed E-state index contributed by atoms with van der Waals surface area (Å²) in [7, 11) is 0. The Morgan fingerprint density at radius 1 is 1.41 bits per heavy atom. The Kier molecular flexibility index (Phi) is 4.84. The van der Waals surface area contributed by atoms with E-state index in [9.17, 15) is 9.18 Å². The zero-order valence-corrected chi connectivity index (χ0v) is 15.1. The summed E-state index contributed by atoms with van der Waals surface area (Å²) in [6.45, 7) is 0.511. The van der Waals surface area contributed by atoms with Gasteiger partial charge in [0.25, 0.3) is 0 Å². The Balaban J connectivity index is 1.49. The maximum Gasteiger partial charge on any atom is 0.346 e. The summed E-state index contributed by atoms with van der Waals surface area (Å²) < 4.78 is 15.4. The quantitative estimate of drug-likeness (QED) is 0.679. The van der Waals surface area contributed by atoms with E-state index in [1.807, 2.05) is 24.3 Å². The van der Waals surface area contributed by atoms with Gasteiger partial charge in [-0.25, -0.2) is 24.8 Å². The zero-order valence-electron chi connectivity index (χ0n) is 14.3. The average Bonchev–Trinajstić information content (AvgIpc) is 3.41. The van der Waals surface area contributed by atoms with Gasteiger partial charge in [0.2, 0.25) is 0 Å². The number of hydrogen-bond acceptors (Lipinski definition) is 7. The van der Waals surface area contributed by atoms with Crippen LogP contribution in [-0.4, -0.2) is 32.6 Å². The van der Waals surface area contributed by atoms with Crippen LogP contribution in [0.25, 0.3) is 5.57 Å². The van der Waals surface area contributed by atoms with Crippen molar-refractivity contribution in [3.63, 3.8) is 0 Å². The second-order valence-electron chi connectivity index (χ2n) is 6.16. The van der Waals surface area contributed by atoms with E-state index < -0.39 is 0 Å². The van der Waals surface area contributed by atoms with Gasteiger partial charge < -0.3 is 5.73 Å². The van der Waals surface area contributed by atoms with E-state index in [0.717, 1.165) is 21.0 Å². The zero-order chi connectivity index (χ0) is 18.8. The lowest BCUT2D eigenvalue weighted by Crippen LogP contribution is -2.33. The molecule has 0 radical (unpaired) electrons. The molecule has 0 saturated carbocycles. The lowest BCUT2D eigenvalue weighted by molar-refractivity contribution is 0.604. The first kappa shape index (κ1) is 17.6. The van der Waals surface area contributed by atoms with Crippen molar-refractivity contribution in [2.24, 2.45) is 10.8 Å². The van der Waals surface area contributed by atoms with E-state index in [1.165, 1.54) is 15.6 Å². The van der Waals surface area contributed by atoms with Gasteiger partial charge in [0.15, 0.2) is 0 Å². The number of rotatable bonds is 6. The van der Waals surface area contributed by atoms with E-state index in [4.69, 9.17) is 5.73 Å². The molecule has 2 aliphatic rings. The van der Waals surface area contributed by atoms with Crippen molar-refractivity contribution in [1.82, 2.24) is 25.3 Å². The lowest BCUT2D eigenvalue weighted by atomic mass is 10.0. The highest BCUT2D eigenvalue weighted by Gasteiger charge is 2.21. The van der Waals surface area contributed by atoms with Crippen molar-refractivity contribution in [1.29, 1.82) is 0 Å². The summed E-state index contributed by atoms with van der Waals surface area (Å²) in [5.74, 6) is 0.